The number of fused-ring (bicyclic) bond motifs is 1. The Balaban J connectivity index is 2.44. The summed E-state index contributed by atoms with van der Waals surface area (Å²) in [5.41, 5.74) is 2.27. The fraction of sp³-hybridized carbons (Fsp3) is 0.0769. The molecule has 5 nitrogen and oxygen atoms in total. The maximum absolute atomic E-state index is 11.8. The summed E-state index contributed by atoms with van der Waals surface area (Å²) in [6.45, 7) is 0. The van der Waals surface area contributed by atoms with Crippen molar-refractivity contribution in [3.8, 4) is 11.3 Å². The first-order valence-corrected chi connectivity index (χ1v) is 5.50. The summed E-state index contributed by atoms with van der Waals surface area (Å²) >= 11 is 0. The number of hydrogen-bond acceptors (Lipinski definition) is 4. The van der Waals surface area contributed by atoms with Gasteiger partial charge in [0.1, 0.15) is 11.2 Å². The molecule has 0 spiro atoms. The molecule has 0 aliphatic carbocycles. The Morgan fingerprint density at radius 3 is 2.56 bits per heavy atom. The molecule has 0 radical (unpaired) electrons. The van der Waals surface area contributed by atoms with Gasteiger partial charge in [-0.15, -0.1) is 0 Å². The van der Waals surface area contributed by atoms with Gasteiger partial charge in [0.05, 0.1) is 0 Å². The van der Waals surface area contributed by atoms with Crippen molar-refractivity contribution in [3.63, 3.8) is 0 Å². The zero-order valence-corrected chi connectivity index (χ0v) is 9.74. The first-order valence-electron chi connectivity index (χ1n) is 5.50. The number of rotatable bonds is 1. The van der Waals surface area contributed by atoms with Gasteiger partial charge in [0, 0.05) is 25.0 Å². The van der Waals surface area contributed by atoms with E-state index < -0.39 is 0 Å². The predicted octanol–water partition coefficient (Wildman–Crippen LogP) is 1.39. The fourth-order valence-corrected chi connectivity index (χ4v) is 1.85. The Morgan fingerprint density at radius 1 is 1.06 bits per heavy atom. The van der Waals surface area contributed by atoms with Crippen LogP contribution in [0.5, 0.6) is 0 Å². The van der Waals surface area contributed by atoms with E-state index >= 15 is 0 Å². The van der Waals surface area contributed by atoms with Crippen LogP contribution in [0, 0.1) is 0 Å². The highest BCUT2D eigenvalue weighted by Crippen LogP contribution is 2.21. The lowest BCUT2D eigenvalue weighted by atomic mass is 10.1. The molecule has 2 aromatic heterocycles. The Hall–Kier alpha value is -2.56. The van der Waals surface area contributed by atoms with Crippen molar-refractivity contribution in [2.75, 3.05) is 0 Å². The molecule has 0 aliphatic heterocycles. The molecular weight excluding hydrogens is 228 g/mol. The highest BCUT2D eigenvalue weighted by Gasteiger charge is 2.11. The third-order valence-corrected chi connectivity index (χ3v) is 2.76. The molecule has 2 heterocycles. The highest BCUT2D eigenvalue weighted by atomic mass is 16.1. The summed E-state index contributed by atoms with van der Waals surface area (Å²) in [5.74, 6) is 0. The van der Waals surface area contributed by atoms with Crippen LogP contribution in [0.3, 0.4) is 0 Å². The summed E-state index contributed by atoms with van der Waals surface area (Å²) in [4.78, 5) is 24.4. The van der Waals surface area contributed by atoms with Gasteiger partial charge < -0.3 is 0 Å². The third-order valence-electron chi connectivity index (χ3n) is 2.76. The lowest BCUT2D eigenvalue weighted by Crippen LogP contribution is -2.22. The van der Waals surface area contributed by atoms with E-state index in [1.54, 1.807) is 19.4 Å². The smallest absolute Gasteiger partial charge is 0.278 e. The van der Waals surface area contributed by atoms with Gasteiger partial charge in [-0.05, 0) is 0 Å². The summed E-state index contributed by atoms with van der Waals surface area (Å²) in [6, 6.07) is 9.51. The molecule has 0 bridgehead atoms. The number of nitrogens with zero attached hydrogens (tertiary/aromatic N) is 4. The Labute approximate surface area is 103 Å². The van der Waals surface area contributed by atoms with E-state index in [1.807, 2.05) is 30.3 Å². The van der Waals surface area contributed by atoms with Gasteiger partial charge in [-0.3, -0.25) is 4.57 Å². The van der Waals surface area contributed by atoms with Gasteiger partial charge in [0.2, 0.25) is 0 Å². The van der Waals surface area contributed by atoms with Crippen molar-refractivity contribution in [1.29, 1.82) is 0 Å². The molecule has 0 saturated carbocycles. The van der Waals surface area contributed by atoms with Crippen LogP contribution in [-0.4, -0.2) is 19.5 Å². The lowest BCUT2D eigenvalue weighted by molar-refractivity contribution is 0.836. The van der Waals surface area contributed by atoms with Crippen LogP contribution in [0.15, 0.2) is 47.5 Å². The van der Waals surface area contributed by atoms with E-state index in [0.717, 1.165) is 5.56 Å². The zero-order chi connectivity index (χ0) is 12.5. The van der Waals surface area contributed by atoms with E-state index in [9.17, 15) is 4.79 Å². The quantitative estimate of drug-likeness (QED) is 0.642. The van der Waals surface area contributed by atoms with Crippen LogP contribution in [0.2, 0.25) is 0 Å². The number of hydrogen-bond donors (Lipinski definition) is 0. The number of benzene rings is 1. The molecule has 5 heteroatoms. The molecule has 0 saturated heterocycles. The maximum atomic E-state index is 11.8. The minimum atomic E-state index is -0.332. The standard InChI is InChI=1S/C13H10N4O/c1-17-12-11(14-7-8-15-12)10(16-13(17)18)9-5-3-2-4-6-9/h2-8H,1H3. The molecule has 3 aromatic rings. The molecule has 0 N–H and O–H groups in total. The SMILES string of the molecule is Cn1c(=O)nc(-c2ccccc2)c2nccnc21. The second-order valence-electron chi connectivity index (χ2n) is 3.90. The average molecular weight is 238 g/mol. The molecular formula is C13H10N4O. The van der Waals surface area contributed by atoms with Crippen molar-refractivity contribution in [2.24, 2.45) is 7.05 Å². The van der Waals surface area contributed by atoms with Crippen molar-refractivity contribution >= 4 is 11.2 Å². The normalized spacial score (nSPS) is 10.7. The molecule has 0 unspecified atom stereocenters. The van der Waals surface area contributed by atoms with Crippen LogP contribution < -0.4 is 5.69 Å². The summed E-state index contributed by atoms with van der Waals surface area (Å²) in [7, 11) is 1.64. The topological polar surface area (TPSA) is 60.7 Å². The van der Waals surface area contributed by atoms with Crippen molar-refractivity contribution in [2.45, 2.75) is 0 Å². The Morgan fingerprint density at radius 2 is 1.78 bits per heavy atom. The highest BCUT2D eigenvalue weighted by molar-refractivity contribution is 5.86. The van der Waals surface area contributed by atoms with Crippen LogP contribution >= 0.6 is 0 Å². The number of aromatic nitrogens is 4. The van der Waals surface area contributed by atoms with Gasteiger partial charge >= 0.3 is 5.69 Å². The molecule has 1 aromatic carbocycles. The summed E-state index contributed by atoms with van der Waals surface area (Å²) in [6.07, 6.45) is 3.16. The molecule has 0 amide bonds. The predicted molar refractivity (Wildman–Crippen MR) is 68.0 cm³/mol. The van der Waals surface area contributed by atoms with Crippen LogP contribution in [0.1, 0.15) is 0 Å². The van der Waals surface area contributed by atoms with Crippen LogP contribution in [-0.2, 0) is 7.05 Å². The average Bonchev–Trinajstić information content (AvgIpc) is 2.44. The van der Waals surface area contributed by atoms with Gasteiger partial charge in [0.15, 0.2) is 5.65 Å². The summed E-state index contributed by atoms with van der Waals surface area (Å²) in [5, 5.41) is 0. The molecule has 0 aliphatic rings. The van der Waals surface area contributed by atoms with E-state index in [4.69, 9.17) is 0 Å². The van der Waals surface area contributed by atoms with Gasteiger partial charge in [0.25, 0.3) is 0 Å². The number of aryl methyl sites for hydroxylation is 1. The molecule has 88 valence electrons. The summed E-state index contributed by atoms with van der Waals surface area (Å²) < 4.78 is 1.40. The first kappa shape index (κ1) is 10.6. The molecule has 0 fully saturated rings. The Bertz CT molecular complexity index is 765. The van der Waals surface area contributed by atoms with E-state index in [2.05, 4.69) is 15.0 Å². The van der Waals surface area contributed by atoms with Crippen molar-refractivity contribution in [1.82, 2.24) is 19.5 Å². The maximum Gasteiger partial charge on any atom is 0.349 e. The monoisotopic (exact) mass is 238 g/mol. The largest absolute Gasteiger partial charge is 0.349 e. The van der Waals surface area contributed by atoms with Crippen molar-refractivity contribution < 1.29 is 0 Å². The Kier molecular flexibility index (Phi) is 2.37. The van der Waals surface area contributed by atoms with Gasteiger partial charge in [-0.2, -0.15) is 4.98 Å². The third kappa shape index (κ3) is 1.57. The second-order valence-corrected chi connectivity index (χ2v) is 3.90. The van der Waals surface area contributed by atoms with Gasteiger partial charge in [-0.1, -0.05) is 30.3 Å². The van der Waals surface area contributed by atoms with Crippen LogP contribution in [0.4, 0.5) is 0 Å². The van der Waals surface area contributed by atoms with E-state index in [1.165, 1.54) is 4.57 Å². The molecule has 3 rings (SSSR count). The molecule has 18 heavy (non-hydrogen) atoms. The lowest BCUT2D eigenvalue weighted by Gasteiger charge is -2.06. The minimum Gasteiger partial charge on any atom is -0.278 e. The van der Waals surface area contributed by atoms with E-state index in [0.29, 0.717) is 16.9 Å². The molecule has 0 atom stereocenters. The zero-order valence-electron chi connectivity index (χ0n) is 9.74. The van der Waals surface area contributed by atoms with Crippen molar-refractivity contribution in [3.05, 3.63) is 53.2 Å². The first-order chi connectivity index (χ1) is 8.77. The van der Waals surface area contributed by atoms with Crippen LogP contribution in [0.25, 0.3) is 22.4 Å². The van der Waals surface area contributed by atoms with E-state index in [-0.39, 0.29) is 5.69 Å². The fourth-order valence-electron chi connectivity index (χ4n) is 1.85. The van der Waals surface area contributed by atoms with Gasteiger partial charge in [-0.25, -0.2) is 14.8 Å². The second kappa shape index (κ2) is 4.03. The minimum absolute atomic E-state index is 0.332.